The number of carbonyl (C=O) groups is 1. The minimum absolute atomic E-state index is 0.0497. The summed E-state index contributed by atoms with van der Waals surface area (Å²) in [4.78, 5) is 14.2. The Balaban J connectivity index is 2.10. The number of halogens is 1. The minimum atomic E-state index is -1.16. The lowest BCUT2D eigenvalue weighted by atomic mass is 9.88. The molecule has 0 aromatic heterocycles. The van der Waals surface area contributed by atoms with Crippen LogP contribution in [-0.2, 0) is 20.9 Å². The maximum Gasteiger partial charge on any atom is 0.306 e. The number of aliphatic hydroxyl groups excluding tert-OH is 1. The normalized spacial score (nSPS) is 13.6. The number of methoxy groups -OCH3 is 1. The Bertz CT molecular complexity index is 1010. The van der Waals surface area contributed by atoms with Crippen LogP contribution < -0.4 is 4.74 Å². The van der Waals surface area contributed by atoms with Gasteiger partial charge in [-0.25, -0.2) is 4.39 Å². The molecule has 196 valence electrons. The number of hydrogen-bond donors (Lipinski definition) is 2. The molecule has 3 unspecified atom stereocenters. The van der Waals surface area contributed by atoms with Crippen LogP contribution in [0.25, 0.3) is 21.6 Å². The maximum atomic E-state index is 13.4. The molecule has 0 aliphatic carbocycles. The molecular formula is C26H34FN3O6. The summed E-state index contributed by atoms with van der Waals surface area (Å²) in [5.74, 6) is -1.69. The second kappa shape index (κ2) is 15.1. The van der Waals surface area contributed by atoms with Crippen molar-refractivity contribution in [1.82, 2.24) is 0 Å². The summed E-state index contributed by atoms with van der Waals surface area (Å²) in [6.45, 7) is 4.56. The summed E-state index contributed by atoms with van der Waals surface area (Å²) in [6, 6.07) is 10.7. The number of nitrogens with zero attached hydrogens (tertiary/aromatic N) is 3. The largest absolute Gasteiger partial charge is 0.493 e. The molecule has 9 nitrogen and oxygen atoms in total. The molecule has 0 spiro atoms. The summed E-state index contributed by atoms with van der Waals surface area (Å²) >= 11 is 0. The van der Waals surface area contributed by atoms with Gasteiger partial charge in [-0.2, -0.15) is 0 Å². The van der Waals surface area contributed by atoms with Crippen LogP contribution >= 0.6 is 0 Å². The van der Waals surface area contributed by atoms with Crippen LogP contribution in [0.1, 0.15) is 32.3 Å². The van der Waals surface area contributed by atoms with Crippen molar-refractivity contribution in [3.05, 3.63) is 64.3 Å². The fraction of sp³-hybridized carbons (Fsp3) is 0.500. The number of benzene rings is 2. The molecule has 2 aromatic rings. The Hall–Kier alpha value is -3.17. The van der Waals surface area contributed by atoms with Crippen LogP contribution in [0.15, 0.2) is 47.6 Å². The topological polar surface area (TPSA) is 134 Å². The third-order valence-electron chi connectivity index (χ3n) is 5.77. The standard InChI is InChI=1S/C26H34FN3O6/c1-17(2)22(26(32)33)14-24(31)23(29-30-28)16-35-15-18-5-10-21(19-6-8-20(27)9-7-19)25(13-18)36-12-4-11-34-3/h5-10,13,17,22-24,31H,4,11-12,14-16H2,1-3H3,(H,32,33). The molecule has 2 rings (SSSR count). The molecule has 0 aliphatic heterocycles. The molecule has 0 fully saturated rings. The number of carboxylic acid groups (broad SMARTS) is 1. The Kier molecular flexibility index (Phi) is 12.2. The van der Waals surface area contributed by atoms with E-state index in [1.807, 2.05) is 18.2 Å². The van der Waals surface area contributed by atoms with E-state index in [4.69, 9.17) is 19.7 Å². The van der Waals surface area contributed by atoms with Crippen LogP contribution in [0.5, 0.6) is 5.75 Å². The van der Waals surface area contributed by atoms with Crippen LogP contribution in [0.4, 0.5) is 4.39 Å². The summed E-state index contributed by atoms with van der Waals surface area (Å²) in [6.07, 6.45) is -0.518. The molecule has 2 N–H and O–H groups in total. The zero-order valence-corrected chi connectivity index (χ0v) is 20.8. The van der Waals surface area contributed by atoms with Crippen molar-refractivity contribution in [3.63, 3.8) is 0 Å². The van der Waals surface area contributed by atoms with Crippen molar-refractivity contribution >= 4 is 5.97 Å². The number of azide groups is 1. The van der Waals surface area contributed by atoms with Crippen molar-refractivity contribution < 1.29 is 33.6 Å². The Morgan fingerprint density at radius 2 is 1.89 bits per heavy atom. The van der Waals surface area contributed by atoms with Gasteiger partial charge in [-0.1, -0.05) is 43.2 Å². The fourth-order valence-electron chi connectivity index (χ4n) is 3.69. The quantitative estimate of drug-likeness (QED) is 0.140. The zero-order valence-electron chi connectivity index (χ0n) is 20.8. The second-order valence-electron chi connectivity index (χ2n) is 8.81. The van der Waals surface area contributed by atoms with Gasteiger partial charge in [0.2, 0.25) is 0 Å². The van der Waals surface area contributed by atoms with E-state index >= 15 is 0 Å². The third kappa shape index (κ3) is 9.13. The lowest BCUT2D eigenvalue weighted by Crippen LogP contribution is -2.34. The predicted molar refractivity (Wildman–Crippen MR) is 133 cm³/mol. The number of aliphatic hydroxyl groups is 1. The minimum Gasteiger partial charge on any atom is -0.493 e. The first-order chi connectivity index (χ1) is 17.3. The monoisotopic (exact) mass is 503 g/mol. The average molecular weight is 504 g/mol. The van der Waals surface area contributed by atoms with Crippen LogP contribution in [-0.4, -0.2) is 55.3 Å². The molecule has 0 bridgehead atoms. The van der Waals surface area contributed by atoms with Gasteiger partial charge >= 0.3 is 5.97 Å². The van der Waals surface area contributed by atoms with Crippen molar-refractivity contribution in [2.45, 2.75) is 45.4 Å². The first-order valence-corrected chi connectivity index (χ1v) is 11.8. The van der Waals surface area contributed by atoms with Crippen LogP contribution in [0.3, 0.4) is 0 Å². The Morgan fingerprint density at radius 1 is 1.17 bits per heavy atom. The number of aliphatic carboxylic acids is 1. The van der Waals surface area contributed by atoms with Crippen molar-refractivity contribution in [2.75, 3.05) is 26.9 Å². The molecule has 36 heavy (non-hydrogen) atoms. The molecule has 2 aromatic carbocycles. The highest BCUT2D eigenvalue weighted by Crippen LogP contribution is 2.32. The van der Waals surface area contributed by atoms with E-state index < -0.39 is 24.0 Å². The molecule has 0 saturated heterocycles. The smallest absolute Gasteiger partial charge is 0.306 e. The van der Waals surface area contributed by atoms with Gasteiger partial charge in [-0.3, -0.25) is 4.79 Å². The van der Waals surface area contributed by atoms with Gasteiger partial charge in [0, 0.05) is 30.6 Å². The van der Waals surface area contributed by atoms with Crippen LogP contribution in [0.2, 0.25) is 0 Å². The van der Waals surface area contributed by atoms with Crippen molar-refractivity contribution in [1.29, 1.82) is 0 Å². The van der Waals surface area contributed by atoms with Crippen molar-refractivity contribution in [2.24, 2.45) is 17.0 Å². The van der Waals surface area contributed by atoms with Gasteiger partial charge in [-0.15, -0.1) is 0 Å². The zero-order chi connectivity index (χ0) is 26.5. The number of hydrogen-bond acceptors (Lipinski definition) is 6. The first-order valence-electron chi connectivity index (χ1n) is 11.8. The molecule has 0 heterocycles. The number of rotatable bonds is 16. The molecular weight excluding hydrogens is 469 g/mol. The van der Waals surface area contributed by atoms with Crippen molar-refractivity contribution in [3.8, 4) is 16.9 Å². The van der Waals surface area contributed by atoms with E-state index in [-0.39, 0.29) is 31.4 Å². The average Bonchev–Trinajstić information content (AvgIpc) is 2.85. The van der Waals surface area contributed by atoms with E-state index in [9.17, 15) is 19.4 Å². The van der Waals surface area contributed by atoms with Gasteiger partial charge in [-0.05, 0) is 47.2 Å². The van der Waals surface area contributed by atoms with Gasteiger partial charge in [0.05, 0.1) is 37.9 Å². The molecule has 10 heteroatoms. The third-order valence-corrected chi connectivity index (χ3v) is 5.77. The maximum absolute atomic E-state index is 13.4. The van der Waals surface area contributed by atoms with Gasteiger partial charge in [0.15, 0.2) is 0 Å². The Labute approximate surface area is 210 Å². The summed E-state index contributed by atoms with van der Waals surface area (Å²) in [5.41, 5.74) is 11.3. The predicted octanol–water partition coefficient (Wildman–Crippen LogP) is 5.21. The Morgan fingerprint density at radius 3 is 2.50 bits per heavy atom. The highest BCUT2D eigenvalue weighted by atomic mass is 19.1. The molecule has 0 amide bonds. The van der Waals surface area contributed by atoms with Gasteiger partial charge < -0.3 is 24.4 Å². The van der Waals surface area contributed by atoms with E-state index in [0.717, 1.165) is 16.7 Å². The van der Waals surface area contributed by atoms with E-state index in [0.29, 0.717) is 25.4 Å². The van der Waals surface area contributed by atoms with Gasteiger partial charge in [0.1, 0.15) is 11.6 Å². The number of carboxylic acids is 1. The second-order valence-corrected chi connectivity index (χ2v) is 8.81. The van der Waals surface area contributed by atoms with E-state index in [1.165, 1.54) is 12.1 Å². The van der Waals surface area contributed by atoms with Gasteiger partial charge in [0.25, 0.3) is 0 Å². The van der Waals surface area contributed by atoms with Crippen LogP contribution in [0, 0.1) is 17.7 Å². The SMILES string of the molecule is COCCCOc1cc(COCC(N=[N+]=[N-])C(O)CC(C(=O)O)C(C)C)ccc1-c1ccc(F)cc1. The molecule has 0 radical (unpaired) electrons. The summed E-state index contributed by atoms with van der Waals surface area (Å²) in [7, 11) is 1.62. The first kappa shape index (κ1) is 29.1. The summed E-state index contributed by atoms with van der Waals surface area (Å²) < 4.78 is 30.1. The highest BCUT2D eigenvalue weighted by molar-refractivity contribution is 5.71. The lowest BCUT2D eigenvalue weighted by molar-refractivity contribution is -0.144. The lowest BCUT2D eigenvalue weighted by Gasteiger charge is -2.24. The van der Waals surface area contributed by atoms with E-state index in [2.05, 4.69) is 10.0 Å². The highest BCUT2D eigenvalue weighted by Gasteiger charge is 2.28. The van der Waals surface area contributed by atoms with E-state index in [1.54, 1.807) is 33.1 Å². The molecule has 3 atom stereocenters. The number of ether oxygens (including phenoxy) is 3. The molecule has 0 aliphatic rings. The molecule has 0 saturated carbocycles. The fourth-order valence-corrected chi connectivity index (χ4v) is 3.69. The summed E-state index contributed by atoms with van der Waals surface area (Å²) in [5, 5.41) is 23.5.